The molecule has 0 unspecified atom stereocenters. The molecule has 1 aliphatic rings. The summed E-state index contributed by atoms with van der Waals surface area (Å²) in [5, 5.41) is 3.19. The highest BCUT2D eigenvalue weighted by Gasteiger charge is 2.12. The number of benzene rings is 1. The van der Waals surface area contributed by atoms with E-state index >= 15 is 0 Å². The number of nitrogens with zero attached hydrogens (tertiary/aromatic N) is 2. The van der Waals surface area contributed by atoms with Crippen LogP contribution in [0.3, 0.4) is 0 Å². The van der Waals surface area contributed by atoms with E-state index in [2.05, 4.69) is 27.4 Å². The van der Waals surface area contributed by atoms with E-state index in [4.69, 9.17) is 4.74 Å². The molecule has 1 heterocycles. The summed E-state index contributed by atoms with van der Waals surface area (Å²) in [5.74, 6) is 2.95. The van der Waals surface area contributed by atoms with Gasteiger partial charge in [-0.05, 0) is 56.4 Å². The van der Waals surface area contributed by atoms with Crippen LogP contribution in [-0.2, 0) is 12.8 Å². The molecule has 4 nitrogen and oxygen atoms in total. The first-order valence-corrected chi connectivity index (χ1v) is 7.14. The van der Waals surface area contributed by atoms with Crippen LogP contribution in [0.25, 0.3) is 0 Å². The molecule has 1 aromatic heterocycles. The Bertz CT molecular complexity index is 625. The van der Waals surface area contributed by atoms with Gasteiger partial charge in [-0.3, -0.25) is 0 Å². The molecule has 0 amide bonds. The number of rotatable bonds is 4. The van der Waals surface area contributed by atoms with Crippen LogP contribution < -0.4 is 10.1 Å². The highest BCUT2D eigenvalue weighted by Crippen LogP contribution is 2.28. The predicted molar refractivity (Wildman–Crippen MR) is 79.5 cm³/mol. The number of anilines is 1. The Morgan fingerprint density at radius 1 is 1.15 bits per heavy atom. The third-order valence-electron chi connectivity index (χ3n) is 3.46. The van der Waals surface area contributed by atoms with Gasteiger partial charge in [-0.1, -0.05) is 6.07 Å². The smallest absolute Gasteiger partial charge is 0.224 e. The second-order valence-corrected chi connectivity index (χ2v) is 5.06. The number of aryl methyl sites for hydroxylation is 3. The molecule has 1 aliphatic carbocycles. The molecule has 1 aromatic carbocycles. The molecule has 2 aromatic rings. The van der Waals surface area contributed by atoms with E-state index in [1.54, 1.807) is 0 Å². The van der Waals surface area contributed by atoms with Crippen molar-refractivity contribution in [3.63, 3.8) is 0 Å². The van der Waals surface area contributed by atoms with Crippen LogP contribution >= 0.6 is 0 Å². The van der Waals surface area contributed by atoms with E-state index in [-0.39, 0.29) is 0 Å². The van der Waals surface area contributed by atoms with Gasteiger partial charge in [-0.15, -0.1) is 0 Å². The Kier molecular flexibility index (Phi) is 3.54. The lowest BCUT2D eigenvalue weighted by Crippen LogP contribution is -2.02. The number of fused-ring (bicyclic) bond motifs is 1. The monoisotopic (exact) mass is 269 g/mol. The SMILES string of the molecule is CCNc1cc(Oc2ccc3c(c2)CCC3)nc(C)n1. The first-order chi connectivity index (χ1) is 9.74. The molecule has 0 bridgehead atoms. The second kappa shape index (κ2) is 5.49. The predicted octanol–water partition coefficient (Wildman–Crippen LogP) is 3.50. The van der Waals surface area contributed by atoms with Crippen molar-refractivity contribution in [2.24, 2.45) is 0 Å². The molecule has 0 atom stereocenters. The van der Waals surface area contributed by atoms with Crippen molar-refractivity contribution in [1.29, 1.82) is 0 Å². The zero-order valence-corrected chi connectivity index (χ0v) is 11.9. The summed E-state index contributed by atoms with van der Waals surface area (Å²) in [7, 11) is 0. The van der Waals surface area contributed by atoms with Gasteiger partial charge in [-0.2, -0.15) is 4.98 Å². The lowest BCUT2D eigenvalue weighted by atomic mass is 10.1. The first-order valence-electron chi connectivity index (χ1n) is 7.14. The normalized spacial score (nSPS) is 13.1. The minimum atomic E-state index is 0.589. The van der Waals surface area contributed by atoms with Crippen LogP contribution in [0.4, 0.5) is 5.82 Å². The fourth-order valence-corrected chi connectivity index (χ4v) is 2.60. The fraction of sp³-hybridized carbons (Fsp3) is 0.375. The van der Waals surface area contributed by atoms with Crippen molar-refractivity contribution >= 4 is 5.82 Å². The van der Waals surface area contributed by atoms with E-state index in [1.165, 1.54) is 24.0 Å². The van der Waals surface area contributed by atoms with E-state index in [0.29, 0.717) is 11.7 Å². The highest BCUT2D eigenvalue weighted by molar-refractivity contribution is 5.42. The molecule has 20 heavy (non-hydrogen) atoms. The second-order valence-electron chi connectivity index (χ2n) is 5.06. The van der Waals surface area contributed by atoms with Crippen LogP contribution in [0, 0.1) is 6.92 Å². The molecule has 0 aliphatic heterocycles. The molecule has 4 heteroatoms. The molecule has 104 valence electrons. The lowest BCUT2D eigenvalue weighted by molar-refractivity contribution is 0.459. The van der Waals surface area contributed by atoms with Gasteiger partial charge in [0, 0.05) is 12.6 Å². The molecular weight excluding hydrogens is 250 g/mol. The summed E-state index contributed by atoms with van der Waals surface area (Å²) < 4.78 is 5.88. The number of aromatic nitrogens is 2. The minimum absolute atomic E-state index is 0.589. The number of hydrogen-bond acceptors (Lipinski definition) is 4. The third-order valence-corrected chi connectivity index (χ3v) is 3.46. The fourth-order valence-electron chi connectivity index (χ4n) is 2.60. The summed E-state index contributed by atoms with van der Waals surface area (Å²) in [6.45, 7) is 4.74. The van der Waals surface area contributed by atoms with Gasteiger partial charge < -0.3 is 10.1 Å². The van der Waals surface area contributed by atoms with Crippen molar-refractivity contribution < 1.29 is 4.74 Å². The Hall–Kier alpha value is -2.10. The summed E-state index contributed by atoms with van der Waals surface area (Å²) in [5.41, 5.74) is 2.85. The minimum Gasteiger partial charge on any atom is -0.439 e. The zero-order chi connectivity index (χ0) is 13.9. The maximum absolute atomic E-state index is 5.88. The van der Waals surface area contributed by atoms with Gasteiger partial charge in [0.1, 0.15) is 17.4 Å². The zero-order valence-electron chi connectivity index (χ0n) is 11.9. The molecule has 3 rings (SSSR count). The summed E-state index contributed by atoms with van der Waals surface area (Å²) >= 11 is 0. The van der Waals surface area contributed by atoms with Gasteiger partial charge in [0.15, 0.2) is 0 Å². The first kappa shape index (κ1) is 12.9. The van der Waals surface area contributed by atoms with Gasteiger partial charge in [0.25, 0.3) is 0 Å². The summed E-state index contributed by atoms with van der Waals surface area (Å²) in [6.07, 6.45) is 3.58. The molecule has 1 N–H and O–H groups in total. The van der Waals surface area contributed by atoms with Crippen LogP contribution in [-0.4, -0.2) is 16.5 Å². The largest absolute Gasteiger partial charge is 0.439 e. The van der Waals surface area contributed by atoms with Crippen LogP contribution in [0.5, 0.6) is 11.6 Å². The Morgan fingerprint density at radius 3 is 2.85 bits per heavy atom. The Labute approximate surface area is 119 Å². The van der Waals surface area contributed by atoms with Crippen molar-refractivity contribution in [3.8, 4) is 11.6 Å². The van der Waals surface area contributed by atoms with Crippen LogP contribution in [0.2, 0.25) is 0 Å². The molecule has 0 saturated carbocycles. The quantitative estimate of drug-likeness (QED) is 0.922. The van der Waals surface area contributed by atoms with Crippen molar-refractivity contribution in [2.75, 3.05) is 11.9 Å². The van der Waals surface area contributed by atoms with Gasteiger partial charge in [-0.25, -0.2) is 4.98 Å². The summed E-state index contributed by atoms with van der Waals surface area (Å²) in [4.78, 5) is 8.65. The molecular formula is C16H19N3O. The Balaban J connectivity index is 1.83. The topological polar surface area (TPSA) is 47.0 Å². The van der Waals surface area contributed by atoms with Gasteiger partial charge in [0.2, 0.25) is 5.88 Å². The number of hydrogen-bond donors (Lipinski definition) is 1. The molecule has 0 saturated heterocycles. The number of ether oxygens (including phenoxy) is 1. The lowest BCUT2D eigenvalue weighted by Gasteiger charge is -2.09. The van der Waals surface area contributed by atoms with E-state index < -0.39 is 0 Å². The molecule has 0 spiro atoms. The van der Waals surface area contributed by atoms with E-state index in [1.807, 2.05) is 26.0 Å². The van der Waals surface area contributed by atoms with Gasteiger partial charge in [0.05, 0.1) is 0 Å². The maximum atomic E-state index is 5.88. The van der Waals surface area contributed by atoms with Gasteiger partial charge >= 0.3 is 0 Å². The average molecular weight is 269 g/mol. The van der Waals surface area contributed by atoms with E-state index in [0.717, 1.165) is 24.5 Å². The van der Waals surface area contributed by atoms with Crippen LogP contribution in [0.15, 0.2) is 24.3 Å². The van der Waals surface area contributed by atoms with Crippen LogP contribution in [0.1, 0.15) is 30.3 Å². The molecule has 0 fully saturated rings. The summed E-state index contributed by atoms with van der Waals surface area (Å²) in [6, 6.07) is 8.15. The maximum Gasteiger partial charge on any atom is 0.224 e. The highest BCUT2D eigenvalue weighted by atomic mass is 16.5. The average Bonchev–Trinajstić information content (AvgIpc) is 2.85. The third kappa shape index (κ3) is 2.74. The molecule has 0 radical (unpaired) electrons. The van der Waals surface area contributed by atoms with Crippen molar-refractivity contribution in [2.45, 2.75) is 33.1 Å². The Morgan fingerprint density at radius 2 is 2.00 bits per heavy atom. The van der Waals surface area contributed by atoms with E-state index in [9.17, 15) is 0 Å². The standard InChI is InChI=1S/C16H19N3O/c1-3-17-15-10-16(19-11(2)18-15)20-14-8-7-12-5-4-6-13(12)9-14/h7-10H,3-6H2,1-2H3,(H,17,18,19). The van der Waals surface area contributed by atoms with Crippen molar-refractivity contribution in [3.05, 3.63) is 41.2 Å². The van der Waals surface area contributed by atoms with Crippen molar-refractivity contribution in [1.82, 2.24) is 9.97 Å². The number of nitrogens with one attached hydrogen (secondary N) is 1.